The molecule has 51 heavy (non-hydrogen) atoms. The number of hydrogen-bond acceptors (Lipinski definition) is 9. The molecular weight excluding hydrogens is 648 g/mol. The predicted molar refractivity (Wildman–Crippen MR) is 191 cm³/mol. The molecule has 2 heterocycles. The van der Waals surface area contributed by atoms with Crippen molar-refractivity contribution >= 4 is 0 Å². The van der Waals surface area contributed by atoms with Crippen molar-refractivity contribution in [3.63, 3.8) is 0 Å². The number of aliphatic hydroxyl groups excluding tert-OH is 2. The molecule has 2 fully saturated rings. The summed E-state index contributed by atoms with van der Waals surface area (Å²) in [5.41, 5.74) is 3.83. The maximum absolute atomic E-state index is 11.6. The highest BCUT2D eigenvalue weighted by atomic mass is 16.8. The van der Waals surface area contributed by atoms with Gasteiger partial charge in [0.1, 0.15) is 36.6 Å². The molecule has 0 unspecified atom stereocenters. The summed E-state index contributed by atoms with van der Waals surface area (Å²) in [5.74, 6) is 0. The van der Waals surface area contributed by atoms with Crippen LogP contribution in [-0.2, 0) is 59.6 Å². The van der Waals surface area contributed by atoms with Crippen LogP contribution in [0, 0.1) is 0 Å². The highest BCUT2D eigenvalue weighted by Gasteiger charge is 2.52. The van der Waals surface area contributed by atoms with Gasteiger partial charge in [-0.25, -0.2) is 0 Å². The largest absolute Gasteiger partial charge is 0.388 e. The van der Waals surface area contributed by atoms with Crippen LogP contribution in [0.5, 0.6) is 0 Å². The van der Waals surface area contributed by atoms with Crippen LogP contribution in [0.2, 0.25) is 0 Å². The first-order valence-electron chi connectivity index (χ1n) is 18.0. The van der Waals surface area contributed by atoms with Gasteiger partial charge in [-0.3, -0.25) is 0 Å². The molecule has 9 heteroatoms. The number of aliphatic hydroxyl groups is 2. The molecule has 2 aliphatic heterocycles. The summed E-state index contributed by atoms with van der Waals surface area (Å²) in [7, 11) is 0. The Bertz CT molecular complexity index is 1430. The van der Waals surface area contributed by atoms with Crippen LogP contribution < -0.4 is 0 Å². The minimum atomic E-state index is -1.02. The molecular formula is C42H50O9. The molecule has 4 aromatic rings. The quantitative estimate of drug-likeness (QED) is 0.139. The number of rotatable bonds is 16. The molecule has 0 aliphatic carbocycles. The monoisotopic (exact) mass is 698 g/mol. The van der Waals surface area contributed by atoms with Crippen LogP contribution in [0.4, 0.5) is 0 Å². The van der Waals surface area contributed by atoms with Gasteiger partial charge in [0, 0.05) is 0 Å². The van der Waals surface area contributed by atoms with Gasteiger partial charge in [-0.15, -0.1) is 0 Å². The van der Waals surface area contributed by atoms with E-state index >= 15 is 0 Å². The first-order valence-corrected chi connectivity index (χ1v) is 18.0. The number of hydrogen-bond donors (Lipinski definition) is 2. The minimum absolute atomic E-state index is 0.238. The second kappa shape index (κ2) is 18.8. The van der Waals surface area contributed by atoms with Crippen LogP contribution in [-0.4, -0.2) is 71.6 Å². The Morgan fingerprint density at radius 1 is 0.431 bits per heavy atom. The van der Waals surface area contributed by atoms with Crippen molar-refractivity contribution in [1.82, 2.24) is 0 Å². The van der Waals surface area contributed by atoms with Crippen LogP contribution in [0.3, 0.4) is 0 Å². The molecule has 0 amide bonds. The molecule has 4 aromatic carbocycles. The third-order valence-electron chi connectivity index (χ3n) is 9.45. The van der Waals surface area contributed by atoms with Crippen LogP contribution in [0.1, 0.15) is 48.9 Å². The van der Waals surface area contributed by atoms with E-state index in [0.29, 0.717) is 12.8 Å². The zero-order chi connectivity index (χ0) is 35.4. The third kappa shape index (κ3) is 9.90. The summed E-state index contributed by atoms with van der Waals surface area (Å²) in [6.45, 7) is 4.90. The van der Waals surface area contributed by atoms with E-state index in [2.05, 4.69) is 0 Å². The maximum atomic E-state index is 11.6. The van der Waals surface area contributed by atoms with E-state index in [9.17, 15) is 10.2 Å². The number of ether oxygens (including phenoxy) is 7. The van der Waals surface area contributed by atoms with Crippen molar-refractivity contribution in [3.8, 4) is 0 Å². The summed E-state index contributed by atoms with van der Waals surface area (Å²) in [4.78, 5) is 0. The average Bonchev–Trinajstić information content (AvgIpc) is 3.18. The summed E-state index contributed by atoms with van der Waals surface area (Å²) >= 11 is 0. The molecule has 0 aromatic heterocycles. The Labute approximate surface area is 301 Å². The van der Waals surface area contributed by atoms with Gasteiger partial charge in [0.2, 0.25) is 0 Å². The zero-order valence-electron chi connectivity index (χ0n) is 29.3. The lowest BCUT2D eigenvalue weighted by atomic mass is 9.95. The van der Waals surface area contributed by atoms with Gasteiger partial charge in [0.15, 0.2) is 12.6 Å². The van der Waals surface area contributed by atoms with Crippen LogP contribution >= 0.6 is 0 Å². The molecule has 0 bridgehead atoms. The molecule has 0 saturated carbocycles. The standard InChI is InChI=1S/C42H50O9/c1-3-33-35(43)37(45-25-29-17-9-5-10-18-29)39(47-27-31-21-13-7-14-22-31)41(49-33)51-42-40(48-28-32-23-15-8-16-24-32)38(36(44)34(4-2)50-42)46-26-30-19-11-6-12-20-30/h5-24,33-44H,3-4,25-28H2,1-2H3/t33-,34-,35-,36-,37+,38+,39-,40-,41-,42-/m1/s1. The van der Waals surface area contributed by atoms with E-state index in [-0.39, 0.29) is 26.4 Å². The van der Waals surface area contributed by atoms with Crippen molar-refractivity contribution < 1.29 is 43.4 Å². The third-order valence-corrected chi connectivity index (χ3v) is 9.45. The minimum Gasteiger partial charge on any atom is -0.388 e. The molecule has 10 atom stereocenters. The van der Waals surface area contributed by atoms with E-state index in [4.69, 9.17) is 33.2 Å². The van der Waals surface area contributed by atoms with Gasteiger partial charge in [0.25, 0.3) is 0 Å². The Morgan fingerprint density at radius 3 is 0.980 bits per heavy atom. The highest BCUT2D eigenvalue weighted by Crippen LogP contribution is 2.35. The molecule has 0 spiro atoms. The molecule has 0 radical (unpaired) electrons. The average molecular weight is 699 g/mol. The fourth-order valence-electron chi connectivity index (χ4n) is 6.61. The summed E-state index contributed by atoms with van der Waals surface area (Å²) in [6, 6.07) is 39.2. The maximum Gasteiger partial charge on any atom is 0.190 e. The van der Waals surface area contributed by atoms with Crippen molar-refractivity contribution in [2.24, 2.45) is 0 Å². The van der Waals surface area contributed by atoms with Crippen molar-refractivity contribution in [2.75, 3.05) is 0 Å². The molecule has 2 N–H and O–H groups in total. The fraction of sp³-hybridized carbons (Fsp3) is 0.429. The normalized spacial score (nSPS) is 29.5. The lowest BCUT2D eigenvalue weighted by Crippen LogP contribution is -2.64. The lowest BCUT2D eigenvalue weighted by molar-refractivity contribution is -0.387. The van der Waals surface area contributed by atoms with Crippen LogP contribution in [0.15, 0.2) is 121 Å². The first-order chi connectivity index (χ1) is 25.0. The van der Waals surface area contributed by atoms with Gasteiger partial charge >= 0.3 is 0 Å². The van der Waals surface area contributed by atoms with Crippen molar-refractivity contribution in [3.05, 3.63) is 144 Å². The number of benzene rings is 4. The van der Waals surface area contributed by atoms with E-state index in [1.807, 2.05) is 135 Å². The predicted octanol–water partition coefficient (Wildman–Crippen LogP) is 6.34. The van der Waals surface area contributed by atoms with Gasteiger partial charge in [-0.1, -0.05) is 135 Å². The molecule has 272 valence electrons. The Balaban J connectivity index is 1.30. The summed E-state index contributed by atoms with van der Waals surface area (Å²) in [5, 5.41) is 23.2. The summed E-state index contributed by atoms with van der Waals surface area (Å²) in [6.07, 6.45) is -7.45. The van der Waals surface area contributed by atoms with Gasteiger partial charge in [-0.2, -0.15) is 0 Å². The van der Waals surface area contributed by atoms with E-state index in [1.165, 1.54) is 0 Å². The Kier molecular flexibility index (Phi) is 13.8. The second-order valence-corrected chi connectivity index (χ2v) is 13.1. The molecule has 9 nitrogen and oxygen atoms in total. The zero-order valence-corrected chi connectivity index (χ0v) is 29.3. The van der Waals surface area contributed by atoms with E-state index in [0.717, 1.165) is 22.3 Å². The van der Waals surface area contributed by atoms with Gasteiger partial charge < -0.3 is 43.4 Å². The van der Waals surface area contributed by atoms with Gasteiger partial charge in [-0.05, 0) is 35.1 Å². The Morgan fingerprint density at radius 2 is 0.706 bits per heavy atom. The summed E-state index contributed by atoms with van der Waals surface area (Å²) < 4.78 is 45.8. The van der Waals surface area contributed by atoms with Crippen LogP contribution in [0.25, 0.3) is 0 Å². The molecule has 2 aliphatic rings. The SMILES string of the molecule is CC[C@H]1O[C@H](O[C@H]2O[C@H](CC)[C@@H](O)[C@H](OCc3ccccc3)[C@H]2OCc2ccccc2)[C@H](OCc2ccccc2)[C@@H](OCc2ccccc2)[C@@H]1O. The van der Waals surface area contributed by atoms with Gasteiger partial charge in [0.05, 0.1) is 38.6 Å². The smallest absolute Gasteiger partial charge is 0.190 e. The van der Waals surface area contributed by atoms with E-state index in [1.54, 1.807) is 0 Å². The topological polar surface area (TPSA) is 105 Å². The van der Waals surface area contributed by atoms with Crippen molar-refractivity contribution in [1.29, 1.82) is 0 Å². The lowest BCUT2D eigenvalue weighted by Gasteiger charge is -2.48. The first kappa shape index (κ1) is 37.3. The van der Waals surface area contributed by atoms with E-state index < -0.39 is 61.4 Å². The fourth-order valence-corrected chi connectivity index (χ4v) is 6.61. The highest BCUT2D eigenvalue weighted by molar-refractivity contribution is 5.16. The Hall–Kier alpha value is -3.48. The second-order valence-electron chi connectivity index (χ2n) is 13.1. The molecule has 2 saturated heterocycles. The van der Waals surface area contributed by atoms with Crippen molar-refractivity contribution in [2.45, 2.75) is 115 Å². The molecule has 6 rings (SSSR count).